The van der Waals surface area contributed by atoms with Crippen molar-refractivity contribution in [1.82, 2.24) is 4.90 Å². The van der Waals surface area contributed by atoms with E-state index in [1.165, 1.54) is 19.3 Å². The third-order valence-electron chi connectivity index (χ3n) is 3.18. The Bertz CT molecular complexity index is 369. The number of hydrogen-bond acceptors (Lipinski definition) is 3. The topological polar surface area (TPSA) is 59.5 Å². The lowest BCUT2D eigenvalue weighted by Gasteiger charge is -2.29. The molecule has 1 heterocycles. The van der Waals surface area contributed by atoms with Gasteiger partial charge in [0.1, 0.15) is 5.76 Å². The Balaban J connectivity index is 1.94. The standard InChI is InChI=1S/C12H18N2O2/c1-14(8-9-3-2-4-9)12(15)11-6-5-10(7-13)16-11/h5-6,9H,2-4,7-8,13H2,1H3. The van der Waals surface area contributed by atoms with Crippen LogP contribution in [0.4, 0.5) is 0 Å². The molecule has 2 rings (SSSR count). The molecule has 1 amide bonds. The average molecular weight is 222 g/mol. The summed E-state index contributed by atoms with van der Waals surface area (Å²) in [6.07, 6.45) is 3.78. The summed E-state index contributed by atoms with van der Waals surface area (Å²) in [6, 6.07) is 3.45. The van der Waals surface area contributed by atoms with Gasteiger partial charge in [-0.25, -0.2) is 0 Å². The molecule has 0 unspecified atom stereocenters. The van der Waals surface area contributed by atoms with Gasteiger partial charge >= 0.3 is 0 Å². The predicted octanol–water partition coefficient (Wildman–Crippen LogP) is 1.61. The molecule has 1 aliphatic rings. The fraction of sp³-hybridized carbons (Fsp3) is 0.583. The van der Waals surface area contributed by atoms with E-state index in [2.05, 4.69) is 0 Å². The SMILES string of the molecule is CN(CC1CCC1)C(=O)c1ccc(CN)o1. The van der Waals surface area contributed by atoms with Gasteiger partial charge in [-0.3, -0.25) is 4.79 Å². The molecule has 1 fully saturated rings. The fourth-order valence-electron chi connectivity index (χ4n) is 1.94. The largest absolute Gasteiger partial charge is 0.455 e. The van der Waals surface area contributed by atoms with E-state index in [0.29, 0.717) is 24.0 Å². The third-order valence-corrected chi connectivity index (χ3v) is 3.18. The Kier molecular flexibility index (Phi) is 3.29. The predicted molar refractivity (Wildman–Crippen MR) is 60.9 cm³/mol. The summed E-state index contributed by atoms with van der Waals surface area (Å²) < 4.78 is 5.33. The number of nitrogens with zero attached hydrogens (tertiary/aromatic N) is 1. The zero-order valence-electron chi connectivity index (χ0n) is 9.61. The van der Waals surface area contributed by atoms with Gasteiger partial charge in [0, 0.05) is 13.6 Å². The van der Waals surface area contributed by atoms with Gasteiger partial charge in [-0.1, -0.05) is 6.42 Å². The average Bonchev–Trinajstić information content (AvgIpc) is 2.70. The van der Waals surface area contributed by atoms with Crippen molar-refractivity contribution in [1.29, 1.82) is 0 Å². The molecule has 0 bridgehead atoms. The first-order valence-corrected chi connectivity index (χ1v) is 5.75. The molecule has 4 nitrogen and oxygen atoms in total. The molecule has 0 atom stereocenters. The third kappa shape index (κ3) is 2.27. The van der Waals surface area contributed by atoms with E-state index >= 15 is 0 Å². The van der Waals surface area contributed by atoms with Crippen molar-refractivity contribution >= 4 is 5.91 Å². The zero-order valence-corrected chi connectivity index (χ0v) is 9.61. The van der Waals surface area contributed by atoms with E-state index in [-0.39, 0.29) is 5.91 Å². The minimum Gasteiger partial charge on any atom is -0.455 e. The van der Waals surface area contributed by atoms with Crippen LogP contribution in [0.1, 0.15) is 35.6 Å². The van der Waals surface area contributed by atoms with Crippen molar-refractivity contribution in [3.05, 3.63) is 23.7 Å². The van der Waals surface area contributed by atoms with Gasteiger partial charge in [0.15, 0.2) is 5.76 Å². The minimum absolute atomic E-state index is 0.0494. The number of furan rings is 1. The summed E-state index contributed by atoms with van der Waals surface area (Å²) in [6.45, 7) is 1.16. The Hall–Kier alpha value is -1.29. The second-order valence-electron chi connectivity index (χ2n) is 4.45. The van der Waals surface area contributed by atoms with Crippen LogP contribution >= 0.6 is 0 Å². The van der Waals surface area contributed by atoms with E-state index in [4.69, 9.17) is 10.2 Å². The molecule has 16 heavy (non-hydrogen) atoms. The van der Waals surface area contributed by atoms with Crippen LogP contribution < -0.4 is 5.73 Å². The summed E-state index contributed by atoms with van der Waals surface area (Å²) in [5.41, 5.74) is 5.43. The molecule has 88 valence electrons. The second-order valence-corrected chi connectivity index (χ2v) is 4.45. The maximum absolute atomic E-state index is 11.9. The summed E-state index contributed by atoms with van der Waals surface area (Å²) in [5, 5.41) is 0. The maximum atomic E-state index is 11.9. The van der Waals surface area contributed by atoms with Crippen LogP contribution in [0.3, 0.4) is 0 Å². The molecule has 1 saturated carbocycles. The van der Waals surface area contributed by atoms with Crippen LogP contribution in [-0.4, -0.2) is 24.4 Å². The van der Waals surface area contributed by atoms with E-state index < -0.39 is 0 Å². The Morgan fingerprint density at radius 1 is 1.56 bits per heavy atom. The first-order chi connectivity index (χ1) is 7.70. The van der Waals surface area contributed by atoms with E-state index in [0.717, 1.165) is 6.54 Å². The van der Waals surface area contributed by atoms with Crippen molar-refractivity contribution in [2.45, 2.75) is 25.8 Å². The number of carbonyl (C=O) groups excluding carboxylic acids is 1. The smallest absolute Gasteiger partial charge is 0.289 e. The van der Waals surface area contributed by atoms with Gasteiger partial charge < -0.3 is 15.1 Å². The molecule has 1 aromatic heterocycles. The number of carbonyl (C=O) groups is 1. The molecule has 1 aliphatic carbocycles. The number of amides is 1. The number of rotatable bonds is 4. The van der Waals surface area contributed by atoms with Crippen LogP contribution in [0.25, 0.3) is 0 Å². The normalized spacial score (nSPS) is 15.9. The highest BCUT2D eigenvalue weighted by molar-refractivity contribution is 5.91. The summed E-state index contributed by atoms with van der Waals surface area (Å²) in [7, 11) is 1.82. The molecule has 0 spiro atoms. The highest BCUT2D eigenvalue weighted by Gasteiger charge is 2.23. The van der Waals surface area contributed by atoms with Gasteiger partial charge in [0.05, 0.1) is 6.54 Å². The van der Waals surface area contributed by atoms with Crippen molar-refractivity contribution in [2.75, 3.05) is 13.6 Å². The molecular formula is C12H18N2O2. The van der Waals surface area contributed by atoms with Crippen molar-refractivity contribution < 1.29 is 9.21 Å². The summed E-state index contributed by atoms with van der Waals surface area (Å²) in [5.74, 6) is 1.67. The monoisotopic (exact) mass is 222 g/mol. The van der Waals surface area contributed by atoms with Gasteiger partial charge in [-0.2, -0.15) is 0 Å². The van der Waals surface area contributed by atoms with Crippen molar-refractivity contribution in [3.63, 3.8) is 0 Å². The molecular weight excluding hydrogens is 204 g/mol. The Morgan fingerprint density at radius 2 is 2.31 bits per heavy atom. The van der Waals surface area contributed by atoms with Gasteiger partial charge in [0.2, 0.25) is 0 Å². The Morgan fingerprint density at radius 3 is 2.81 bits per heavy atom. The summed E-state index contributed by atoms with van der Waals surface area (Å²) >= 11 is 0. The number of nitrogens with two attached hydrogens (primary N) is 1. The lowest BCUT2D eigenvalue weighted by molar-refractivity contribution is 0.0712. The first kappa shape index (κ1) is 11.2. The highest BCUT2D eigenvalue weighted by atomic mass is 16.4. The highest BCUT2D eigenvalue weighted by Crippen LogP contribution is 2.27. The van der Waals surface area contributed by atoms with Crippen LogP contribution in [-0.2, 0) is 6.54 Å². The number of hydrogen-bond donors (Lipinski definition) is 1. The van der Waals surface area contributed by atoms with Gasteiger partial charge in [-0.05, 0) is 30.9 Å². The minimum atomic E-state index is -0.0494. The quantitative estimate of drug-likeness (QED) is 0.842. The van der Waals surface area contributed by atoms with Gasteiger partial charge in [-0.15, -0.1) is 0 Å². The van der Waals surface area contributed by atoms with Crippen LogP contribution in [0.15, 0.2) is 16.5 Å². The molecule has 0 saturated heterocycles. The molecule has 2 N–H and O–H groups in total. The van der Waals surface area contributed by atoms with E-state index in [1.807, 2.05) is 7.05 Å². The maximum Gasteiger partial charge on any atom is 0.289 e. The van der Waals surface area contributed by atoms with Crippen molar-refractivity contribution in [3.8, 4) is 0 Å². The van der Waals surface area contributed by atoms with Crippen LogP contribution in [0.5, 0.6) is 0 Å². The second kappa shape index (κ2) is 4.70. The Labute approximate surface area is 95.4 Å². The first-order valence-electron chi connectivity index (χ1n) is 5.75. The van der Waals surface area contributed by atoms with Crippen LogP contribution in [0.2, 0.25) is 0 Å². The van der Waals surface area contributed by atoms with E-state index in [9.17, 15) is 4.79 Å². The molecule has 0 radical (unpaired) electrons. The van der Waals surface area contributed by atoms with Crippen LogP contribution in [0, 0.1) is 5.92 Å². The zero-order chi connectivity index (χ0) is 11.5. The lowest BCUT2D eigenvalue weighted by atomic mass is 9.85. The molecule has 1 aromatic rings. The van der Waals surface area contributed by atoms with Gasteiger partial charge in [0.25, 0.3) is 5.91 Å². The lowest BCUT2D eigenvalue weighted by Crippen LogP contribution is -2.34. The molecule has 0 aliphatic heterocycles. The van der Waals surface area contributed by atoms with E-state index in [1.54, 1.807) is 17.0 Å². The van der Waals surface area contributed by atoms with Crippen molar-refractivity contribution in [2.24, 2.45) is 11.7 Å². The fourth-order valence-corrected chi connectivity index (χ4v) is 1.94. The molecule has 0 aromatic carbocycles. The molecule has 4 heteroatoms. The summed E-state index contributed by atoms with van der Waals surface area (Å²) in [4.78, 5) is 13.7.